The van der Waals surface area contributed by atoms with Gasteiger partial charge in [-0.15, -0.1) is 11.3 Å². The van der Waals surface area contributed by atoms with E-state index in [9.17, 15) is 26.4 Å². The highest BCUT2D eigenvalue weighted by molar-refractivity contribution is 7.93. The first-order valence-corrected chi connectivity index (χ1v) is 13.2. The molecule has 1 aromatic carbocycles. The first-order valence-electron chi connectivity index (χ1n) is 10.7. The molecule has 13 heteroatoms. The van der Waals surface area contributed by atoms with Gasteiger partial charge < -0.3 is 4.90 Å². The second-order valence-corrected chi connectivity index (χ2v) is 11.0. The summed E-state index contributed by atoms with van der Waals surface area (Å²) in [5.41, 5.74) is 0.200. The maximum absolute atomic E-state index is 12.9. The molecule has 0 aliphatic heterocycles. The van der Waals surface area contributed by atoms with Crippen molar-refractivity contribution in [1.82, 2.24) is 19.9 Å². The lowest BCUT2D eigenvalue weighted by atomic mass is 10.1. The summed E-state index contributed by atoms with van der Waals surface area (Å²) in [7, 11) is -1.90. The van der Waals surface area contributed by atoms with E-state index in [2.05, 4.69) is 19.7 Å². The van der Waals surface area contributed by atoms with E-state index >= 15 is 0 Å². The van der Waals surface area contributed by atoms with Crippen molar-refractivity contribution < 1.29 is 26.4 Å². The SMILES string of the molecule is CN(Cc1csc(NS(=O)(=O)C2CCCC2)n1)C(=O)c1ccc(-c2cncc(C(F)(F)F)n2)cc1. The highest BCUT2D eigenvalue weighted by Crippen LogP contribution is 2.29. The average Bonchev–Trinajstić information content (AvgIpc) is 3.51. The van der Waals surface area contributed by atoms with Crippen molar-refractivity contribution in [3.05, 3.63) is 59.0 Å². The fourth-order valence-electron chi connectivity index (χ4n) is 3.79. The maximum atomic E-state index is 12.9. The van der Waals surface area contributed by atoms with Gasteiger partial charge in [0.15, 0.2) is 10.8 Å². The fraction of sp³-hybridized carbons (Fsp3) is 0.364. The summed E-state index contributed by atoms with van der Waals surface area (Å²) in [5.74, 6) is -0.326. The van der Waals surface area contributed by atoms with Crippen molar-refractivity contribution in [2.45, 2.75) is 43.7 Å². The number of halogens is 3. The smallest absolute Gasteiger partial charge is 0.336 e. The molecule has 1 N–H and O–H groups in total. The lowest BCUT2D eigenvalue weighted by Crippen LogP contribution is -2.26. The molecule has 0 saturated heterocycles. The van der Waals surface area contributed by atoms with Gasteiger partial charge in [-0.2, -0.15) is 13.2 Å². The van der Waals surface area contributed by atoms with E-state index in [0.717, 1.165) is 24.2 Å². The van der Waals surface area contributed by atoms with E-state index < -0.39 is 27.1 Å². The van der Waals surface area contributed by atoms with E-state index in [0.29, 0.717) is 35.9 Å². The number of nitrogens with zero attached hydrogens (tertiary/aromatic N) is 4. The van der Waals surface area contributed by atoms with Crippen molar-refractivity contribution >= 4 is 32.4 Å². The number of benzene rings is 1. The minimum atomic E-state index is -4.60. The second-order valence-electron chi connectivity index (χ2n) is 8.22. The average molecular weight is 526 g/mol. The van der Waals surface area contributed by atoms with E-state index in [4.69, 9.17) is 0 Å². The Morgan fingerprint density at radius 1 is 1.14 bits per heavy atom. The third kappa shape index (κ3) is 5.96. The molecule has 2 heterocycles. The van der Waals surface area contributed by atoms with Gasteiger partial charge in [-0.05, 0) is 25.0 Å². The summed E-state index contributed by atoms with van der Waals surface area (Å²) in [6.45, 7) is 0.154. The van der Waals surface area contributed by atoms with Gasteiger partial charge in [0.25, 0.3) is 5.91 Å². The van der Waals surface area contributed by atoms with Crippen molar-refractivity contribution in [3.8, 4) is 11.3 Å². The van der Waals surface area contributed by atoms with Gasteiger partial charge in [-0.25, -0.2) is 18.4 Å². The molecule has 186 valence electrons. The summed E-state index contributed by atoms with van der Waals surface area (Å²) >= 11 is 1.15. The van der Waals surface area contributed by atoms with Crippen LogP contribution in [0.5, 0.6) is 0 Å². The molecule has 1 saturated carbocycles. The largest absolute Gasteiger partial charge is 0.434 e. The van der Waals surface area contributed by atoms with Crippen LogP contribution in [0.2, 0.25) is 0 Å². The molecular formula is C22H22F3N5O3S2. The lowest BCUT2D eigenvalue weighted by Gasteiger charge is -2.16. The zero-order chi connectivity index (χ0) is 25.2. The fourth-order valence-corrected chi connectivity index (χ4v) is 6.29. The summed E-state index contributed by atoms with van der Waals surface area (Å²) < 4.78 is 66.1. The minimum absolute atomic E-state index is 0.0437. The number of rotatable bonds is 7. The second kappa shape index (κ2) is 9.90. The van der Waals surface area contributed by atoms with Crippen molar-refractivity contribution in [2.75, 3.05) is 11.8 Å². The summed E-state index contributed by atoms with van der Waals surface area (Å²) in [4.78, 5) is 25.7. The van der Waals surface area contributed by atoms with E-state index in [1.807, 2.05) is 0 Å². The zero-order valence-electron chi connectivity index (χ0n) is 18.6. The van der Waals surface area contributed by atoms with Crippen LogP contribution in [0.15, 0.2) is 42.0 Å². The van der Waals surface area contributed by atoms with Gasteiger partial charge in [-0.3, -0.25) is 14.5 Å². The van der Waals surface area contributed by atoms with Gasteiger partial charge in [0, 0.05) is 23.6 Å². The molecule has 0 unspecified atom stereocenters. The van der Waals surface area contributed by atoms with Gasteiger partial charge in [0.2, 0.25) is 10.0 Å². The number of carbonyl (C=O) groups is 1. The number of carbonyl (C=O) groups excluding carboxylic acids is 1. The number of thiazole rings is 1. The molecule has 0 bridgehead atoms. The van der Waals surface area contributed by atoms with Crippen LogP contribution in [-0.2, 0) is 22.7 Å². The summed E-state index contributed by atoms with van der Waals surface area (Å²) in [6.07, 6.45) is 0.353. The Morgan fingerprint density at radius 2 is 1.83 bits per heavy atom. The number of nitrogens with one attached hydrogen (secondary N) is 1. The predicted molar refractivity (Wildman–Crippen MR) is 125 cm³/mol. The molecule has 1 aliphatic carbocycles. The molecule has 0 atom stereocenters. The molecule has 35 heavy (non-hydrogen) atoms. The minimum Gasteiger partial charge on any atom is -0.336 e. The van der Waals surface area contributed by atoms with Crippen LogP contribution in [0.25, 0.3) is 11.3 Å². The highest BCUT2D eigenvalue weighted by Gasteiger charge is 2.33. The predicted octanol–water partition coefficient (Wildman–Crippen LogP) is 4.58. The summed E-state index contributed by atoms with van der Waals surface area (Å²) in [5, 5.41) is 1.55. The van der Waals surface area contributed by atoms with Crippen LogP contribution in [0.3, 0.4) is 0 Å². The van der Waals surface area contributed by atoms with Crippen LogP contribution in [-0.4, -0.2) is 46.5 Å². The number of anilines is 1. The Hall–Kier alpha value is -3.06. The Morgan fingerprint density at radius 3 is 2.49 bits per heavy atom. The monoisotopic (exact) mass is 525 g/mol. The van der Waals surface area contributed by atoms with Crippen LogP contribution < -0.4 is 4.72 Å². The first kappa shape index (κ1) is 25.0. The van der Waals surface area contributed by atoms with Crippen LogP contribution >= 0.6 is 11.3 Å². The third-order valence-corrected chi connectivity index (χ3v) is 8.38. The van der Waals surface area contributed by atoms with Crippen LogP contribution in [0.1, 0.15) is 47.4 Å². The molecule has 1 aliphatic rings. The number of aromatic nitrogens is 3. The first-order chi connectivity index (χ1) is 16.5. The highest BCUT2D eigenvalue weighted by atomic mass is 32.2. The Bertz CT molecular complexity index is 1300. The maximum Gasteiger partial charge on any atom is 0.434 e. The number of sulfonamides is 1. The van der Waals surface area contributed by atoms with Crippen molar-refractivity contribution in [2.24, 2.45) is 0 Å². The normalized spacial score (nSPS) is 14.7. The standard InChI is InChI=1S/C22H22F3N5O3S2/c1-30(12-16-13-34-21(27-16)29-35(32,33)17-4-2-3-5-17)20(31)15-8-6-14(7-9-15)18-10-26-11-19(28-18)22(23,24)25/h6-11,13,17H,2-5,12H2,1H3,(H,27,29). The molecule has 1 fully saturated rings. The molecule has 4 rings (SSSR count). The van der Waals surface area contributed by atoms with Gasteiger partial charge in [0.05, 0.1) is 35.6 Å². The zero-order valence-corrected chi connectivity index (χ0v) is 20.3. The van der Waals surface area contributed by atoms with Crippen LogP contribution in [0.4, 0.5) is 18.3 Å². The molecular weight excluding hydrogens is 503 g/mol. The molecule has 3 aromatic rings. The van der Waals surface area contributed by atoms with Crippen molar-refractivity contribution in [3.63, 3.8) is 0 Å². The number of alkyl halides is 3. The van der Waals surface area contributed by atoms with E-state index in [1.54, 1.807) is 12.4 Å². The molecule has 0 radical (unpaired) electrons. The molecule has 1 amide bonds. The Balaban J connectivity index is 1.40. The quantitative estimate of drug-likeness (QED) is 0.484. The number of amides is 1. The summed E-state index contributed by atoms with van der Waals surface area (Å²) in [6, 6.07) is 6.00. The van der Waals surface area contributed by atoms with Crippen LogP contribution in [0, 0.1) is 0 Å². The van der Waals surface area contributed by atoms with Gasteiger partial charge in [0.1, 0.15) is 0 Å². The molecule has 8 nitrogen and oxygen atoms in total. The molecule has 0 spiro atoms. The van der Waals surface area contributed by atoms with Crippen molar-refractivity contribution in [1.29, 1.82) is 0 Å². The number of hydrogen-bond acceptors (Lipinski definition) is 7. The van der Waals surface area contributed by atoms with Gasteiger partial charge >= 0.3 is 6.18 Å². The third-order valence-electron chi connectivity index (χ3n) is 5.62. The topological polar surface area (TPSA) is 105 Å². The van der Waals surface area contributed by atoms with Gasteiger partial charge in [-0.1, -0.05) is 25.0 Å². The number of hydrogen-bond donors (Lipinski definition) is 1. The Kier molecular flexibility index (Phi) is 7.08. The Labute approximate surface area is 204 Å². The van der Waals surface area contributed by atoms with E-state index in [1.165, 1.54) is 35.4 Å². The molecule has 2 aromatic heterocycles. The lowest BCUT2D eigenvalue weighted by molar-refractivity contribution is -0.141. The van der Waals surface area contributed by atoms with E-state index in [-0.39, 0.29) is 23.3 Å².